The molecule has 0 aliphatic carbocycles. The van der Waals surface area contributed by atoms with Crippen molar-refractivity contribution in [3.63, 3.8) is 0 Å². The largest absolute Gasteiger partial charge is 0.439 e. The molecular formula is C22H31FN4O. The van der Waals surface area contributed by atoms with Gasteiger partial charge in [0.05, 0.1) is 0 Å². The fourth-order valence-corrected chi connectivity index (χ4v) is 3.35. The molecule has 28 heavy (non-hydrogen) atoms. The summed E-state index contributed by atoms with van der Waals surface area (Å²) in [6, 6.07) is 5.87. The SMILES string of the molecule is C=C(N=C(/C=C(/C)N)Oc1cccc(F)c1)NCC1(CCC)CNCCC1=C. The van der Waals surface area contributed by atoms with E-state index < -0.39 is 0 Å². The number of nitrogens with two attached hydrogens (primary N) is 1. The number of aliphatic imine (C=N–C) groups is 1. The van der Waals surface area contributed by atoms with E-state index in [4.69, 9.17) is 10.5 Å². The molecule has 0 radical (unpaired) electrons. The van der Waals surface area contributed by atoms with Crippen LogP contribution < -0.4 is 21.1 Å². The maximum absolute atomic E-state index is 13.4. The second-order valence-corrected chi connectivity index (χ2v) is 7.26. The van der Waals surface area contributed by atoms with E-state index in [1.807, 2.05) is 0 Å². The van der Waals surface area contributed by atoms with Gasteiger partial charge in [-0.2, -0.15) is 4.99 Å². The highest BCUT2D eigenvalue weighted by Gasteiger charge is 2.34. The quantitative estimate of drug-likeness (QED) is 0.360. The Balaban J connectivity index is 2.11. The van der Waals surface area contributed by atoms with E-state index in [0.717, 1.165) is 32.4 Å². The predicted molar refractivity (Wildman–Crippen MR) is 114 cm³/mol. The topological polar surface area (TPSA) is 71.7 Å². The van der Waals surface area contributed by atoms with Crippen LogP contribution in [0.2, 0.25) is 0 Å². The molecule has 152 valence electrons. The zero-order chi connectivity index (χ0) is 20.6. The Bertz CT molecular complexity index is 764. The summed E-state index contributed by atoms with van der Waals surface area (Å²) in [7, 11) is 0. The van der Waals surface area contributed by atoms with E-state index in [1.54, 1.807) is 25.1 Å². The van der Waals surface area contributed by atoms with Crippen molar-refractivity contribution in [2.75, 3.05) is 19.6 Å². The van der Waals surface area contributed by atoms with Gasteiger partial charge in [-0.3, -0.25) is 0 Å². The van der Waals surface area contributed by atoms with Gasteiger partial charge in [-0.05, 0) is 38.4 Å². The molecule has 6 heteroatoms. The third-order valence-corrected chi connectivity index (χ3v) is 4.79. The predicted octanol–water partition coefficient (Wildman–Crippen LogP) is 3.86. The molecule has 1 aromatic carbocycles. The molecular weight excluding hydrogens is 355 g/mol. The third kappa shape index (κ3) is 6.23. The molecule has 0 aromatic heterocycles. The Hall–Kier alpha value is -2.60. The van der Waals surface area contributed by atoms with Gasteiger partial charge in [-0.25, -0.2) is 4.39 Å². The number of nitrogens with zero attached hydrogens (tertiary/aromatic N) is 1. The van der Waals surface area contributed by atoms with Crippen molar-refractivity contribution in [1.29, 1.82) is 0 Å². The Morgan fingerprint density at radius 2 is 2.29 bits per heavy atom. The summed E-state index contributed by atoms with van der Waals surface area (Å²) in [6.07, 6.45) is 4.67. The van der Waals surface area contributed by atoms with Crippen LogP contribution in [0.4, 0.5) is 4.39 Å². The van der Waals surface area contributed by atoms with E-state index in [9.17, 15) is 4.39 Å². The summed E-state index contributed by atoms with van der Waals surface area (Å²) < 4.78 is 19.1. The molecule has 1 atom stereocenters. The zero-order valence-corrected chi connectivity index (χ0v) is 16.9. The molecule has 1 unspecified atom stereocenters. The number of rotatable bonds is 8. The van der Waals surface area contributed by atoms with Crippen molar-refractivity contribution < 1.29 is 9.13 Å². The van der Waals surface area contributed by atoms with Crippen LogP contribution in [0, 0.1) is 11.2 Å². The molecule has 0 amide bonds. The minimum absolute atomic E-state index is 0.0192. The van der Waals surface area contributed by atoms with Crippen molar-refractivity contribution in [1.82, 2.24) is 10.6 Å². The van der Waals surface area contributed by atoms with Crippen LogP contribution in [0.15, 0.2) is 65.6 Å². The molecule has 4 N–H and O–H groups in total. The highest BCUT2D eigenvalue weighted by molar-refractivity contribution is 5.90. The first kappa shape index (κ1) is 21.7. The van der Waals surface area contributed by atoms with Gasteiger partial charge in [0, 0.05) is 36.3 Å². The molecule has 5 nitrogen and oxygen atoms in total. The Morgan fingerprint density at radius 1 is 1.50 bits per heavy atom. The first-order valence-corrected chi connectivity index (χ1v) is 9.62. The molecule has 1 aliphatic rings. The number of ether oxygens (including phenoxy) is 1. The standard InChI is InChI=1S/C22H31FN4O/c1-5-10-22(14-25-11-9-16(22)2)15-26-18(4)27-21(12-17(3)24)28-20-8-6-7-19(23)13-20/h6-8,12-13,25-26H,2,4-5,9-11,14-15,24H2,1,3H3/b17-12-,27-21?. The molecule has 1 fully saturated rings. The van der Waals surface area contributed by atoms with Gasteiger partial charge in [-0.1, -0.05) is 38.1 Å². The van der Waals surface area contributed by atoms with Crippen molar-refractivity contribution in [3.05, 3.63) is 66.4 Å². The Kier molecular flexibility index (Phi) is 7.81. The number of halogens is 1. The van der Waals surface area contributed by atoms with Gasteiger partial charge < -0.3 is 21.1 Å². The minimum atomic E-state index is -0.382. The maximum Gasteiger partial charge on any atom is 0.222 e. The number of hydrogen-bond donors (Lipinski definition) is 3. The van der Waals surface area contributed by atoms with Crippen LogP contribution in [-0.2, 0) is 0 Å². The fraction of sp³-hybridized carbons (Fsp3) is 0.409. The highest BCUT2D eigenvalue weighted by Crippen LogP contribution is 2.35. The van der Waals surface area contributed by atoms with Gasteiger partial charge in [0.2, 0.25) is 5.90 Å². The fourth-order valence-electron chi connectivity index (χ4n) is 3.35. The van der Waals surface area contributed by atoms with Crippen molar-refractivity contribution in [3.8, 4) is 5.75 Å². The lowest BCUT2D eigenvalue weighted by Crippen LogP contribution is -2.47. The first-order chi connectivity index (χ1) is 13.3. The van der Waals surface area contributed by atoms with Crippen molar-refractivity contribution in [2.24, 2.45) is 16.1 Å². The molecule has 1 aromatic rings. The molecule has 2 rings (SSSR count). The highest BCUT2D eigenvalue weighted by atomic mass is 19.1. The van der Waals surface area contributed by atoms with Gasteiger partial charge in [0.25, 0.3) is 0 Å². The number of hydrogen-bond acceptors (Lipinski definition) is 5. The van der Waals surface area contributed by atoms with Crippen LogP contribution in [0.25, 0.3) is 0 Å². The molecule has 1 heterocycles. The normalized spacial score (nSPS) is 20.8. The van der Waals surface area contributed by atoms with Crippen LogP contribution in [0.1, 0.15) is 33.1 Å². The summed E-state index contributed by atoms with van der Waals surface area (Å²) in [5.74, 6) is 0.662. The summed E-state index contributed by atoms with van der Waals surface area (Å²) in [6.45, 7) is 14.7. The van der Waals surface area contributed by atoms with Gasteiger partial charge in [0.15, 0.2) is 0 Å². The van der Waals surface area contributed by atoms with Gasteiger partial charge >= 0.3 is 0 Å². The second-order valence-electron chi connectivity index (χ2n) is 7.26. The van der Waals surface area contributed by atoms with Crippen LogP contribution in [-0.4, -0.2) is 25.5 Å². The number of benzene rings is 1. The van der Waals surface area contributed by atoms with E-state index in [0.29, 0.717) is 23.8 Å². The molecule has 1 saturated heterocycles. The number of nitrogens with one attached hydrogen (secondary N) is 2. The van der Waals surface area contributed by atoms with Crippen LogP contribution in [0.5, 0.6) is 5.75 Å². The van der Waals surface area contributed by atoms with Crippen molar-refractivity contribution in [2.45, 2.75) is 33.1 Å². The Morgan fingerprint density at radius 3 is 2.93 bits per heavy atom. The number of allylic oxidation sites excluding steroid dienone is 1. The van der Waals surface area contributed by atoms with Crippen LogP contribution >= 0.6 is 0 Å². The lowest BCUT2D eigenvalue weighted by molar-refractivity contribution is 0.264. The van der Waals surface area contributed by atoms with Gasteiger partial charge in [-0.15, -0.1) is 0 Å². The third-order valence-electron chi connectivity index (χ3n) is 4.79. The van der Waals surface area contributed by atoms with E-state index in [-0.39, 0.29) is 17.1 Å². The monoisotopic (exact) mass is 386 g/mol. The lowest BCUT2D eigenvalue weighted by Gasteiger charge is -2.40. The average Bonchev–Trinajstić information content (AvgIpc) is 2.62. The molecule has 0 saturated carbocycles. The van der Waals surface area contributed by atoms with Crippen LogP contribution in [0.3, 0.4) is 0 Å². The van der Waals surface area contributed by atoms with E-state index >= 15 is 0 Å². The summed E-state index contributed by atoms with van der Waals surface area (Å²) >= 11 is 0. The summed E-state index contributed by atoms with van der Waals surface area (Å²) in [4.78, 5) is 4.40. The summed E-state index contributed by atoms with van der Waals surface area (Å²) in [5, 5.41) is 6.77. The van der Waals surface area contributed by atoms with Crippen molar-refractivity contribution >= 4 is 5.90 Å². The van der Waals surface area contributed by atoms with Gasteiger partial charge in [0.1, 0.15) is 17.4 Å². The zero-order valence-electron chi connectivity index (χ0n) is 16.9. The first-order valence-electron chi connectivity index (χ1n) is 9.62. The number of piperidine rings is 1. The Labute approximate surface area is 167 Å². The maximum atomic E-state index is 13.4. The minimum Gasteiger partial charge on any atom is -0.439 e. The van der Waals surface area contributed by atoms with E-state index in [1.165, 1.54) is 17.7 Å². The van der Waals surface area contributed by atoms with E-state index in [2.05, 4.69) is 35.7 Å². The lowest BCUT2D eigenvalue weighted by atomic mass is 9.73. The molecule has 0 spiro atoms. The average molecular weight is 387 g/mol. The molecule has 0 bridgehead atoms. The summed E-state index contributed by atoms with van der Waals surface area (Å²) in [5.41, 5.74) is 7.54. The smallest absolute Gasteiger partial charge is 0.222 e. The molecule has 1 aliphatic heterocycles. The second kappa shape index (κ2) is 10.1.